The summed E-state index contributed by atoms with van der Waals surface area (Å²) < 4.78 is 0. The van der Waals surface area contributed by atoms with E-state index in [0.717, 1.165) is 13.1 Å². The van der Waals surface area contributed by atoms with Gasteiger partial charge in [0, 0.05) is 24.9 Å². The molecule has 2 aliphatic carbocycles. The van der Waals surface area contributed by atoms with Crippen LogP contribution in [0.25, 0.3) is 6.08 Å². The van der Waals surface area contributed by atoms with Gasteiger partial charge in [0.15, 0.2) is 0 Å². The van der Waals surface area contributed by atoms with E-state index in [2.05, 4.69) is 53.9 Å². The molecule has 0 saturated carbocycles. The highest BCUT2D eigenvalue weighted by molar-refractivity contribution is 5.67. The average molecular weight is 221 g/mol. The van der Waals surface area contributed by atoms with E-state index < -0.39 is 0 Å². The fourth-order valence-electron chi connectivity index (χ4n) is 3.44. The van der Waals surface area contributed by atoms with E-state index in [9.17, 15) is 0 Å². The minimum absolute atomic E-state index is 0.621. The Balaban J connectivity index is 1.95. The number of fused-ring (bicyclic) bond motifs is 2. The highest BCUT2D eigenvalue weighted by atomic mass is 14.9. The van der Waals surface area contributed by atoms with E-state index in [1.54, 1.807) is 5.57 Å². The molecule has 0 radical (unpaired) electrons. The Morgan fingerprint density at radius 2 is 2.12 bits per heavy atom. The van der Waals surface area contributed by atoms with Crippen LogP contribution in [0.1, 0.15) is 17.0 Å². The quantitative estimate of drug-likeness (QED) is 0.710. The van der Waals surface area contributed by atoms with Crippen LogP contribution in [0.5, 0.6) is 0 Å². The second kappa shape index (κ2) is 3.44. The SMILES string of the molecule is C1=CC2=Cc3ccccc3C3CNCC(=C1)C23. The molecule has 17 heavy (non-hydrogen) atoms. The lowest BCUT2D eigenvalue weighted by molar-refractivity contribution is 0.446. The summed E-state index contributed by atoms with van der Waals surface area (Å²) in [5, 5.41) is 3.55. The first-order chi connectivity index (χ1) is 8.43. The third-order valence-electron chi connectivity index (χ3n) is 4.17. The molecule has 0 amide bonds. The van der Waals surface area contributed by atoms with Crippen molar-refractivity contribution in [3.8, 4) is 0 Å². The molecule has 2 unspecified atom stereocenters. The van der Waals surface area contributed by atoms with Gasteiger partial charge in [0.1, 0.15) is 0 Å². The first-order valence-corrected chi connectivity index (χ1v) is 6.32. The Bertz CT molecular complexity index is 563. The van der Waals surface area contributed by atoms with Gasteiger partial charge in [0.2, 0.25) is 0 Å². The first kappa shape index (κ1) is 9.43. The summed E-state index contributed by atoms with van der Waals surface area (Å²) in [5.41, 5.74) is 5.95. The van der Waals surface area contributed by atoms with Gasteiger partial charge in [-0.25, -0.2) is 0 Å². The second-order valence-electron chi connectivity index (χ2n) is 5.09. The van der Waals surface area contributed by atoms with Gasteiger partial charge in [0.25, 0.3) is 0 Å². The molecule has 1 aliphatic heterocycles. The maximum absolute atomic E-state index is 3.55. The van der Waals surface area contributed by atoms with Crippen molar-refractivity contribution in [3.63, 3.8) is 0 Å². The van der Waals surface area contributed by atoms with Crippen LogP contribution in [0, 0.1) is 5.92 Å². The molecule has 2 atom stereocenters. The van der Waals surface area contributed by atoms with Crippen LogP contribution in [-0.4, -0.2) is 13.1 Å². The summed E-state index contributed by atoms with van der Waals surface area (Å²) >= 11 is 0. The minimum atomic E-state index is 0.621. The van der Waals surface area contributed by atoms with Crippen molar-refractivity contribution in [3.05, 3.63) is 64.8 Å². The summed E-state index contributed by atoms with van der Waals surface area (Å²) in [7, 11) is 0. The number of hydrogen-bond donors (Lipinski definition) is 1. The molecule has 0 bridgehead atoms. The minimum Gasteiger partial charge on any atom is -0.312 e. The van der Waals surface area contributed by atoms with Crippen molar-refractivity contribution in [1.29, 1.82) is 0 Å². The Hall–Kier alpha value is -1.60. The molecule has 4 rings (SSSR count). The van der Waals surface area contributed by atoms with Crippen molar-refractivity contribution in [2.45, 2.75) is 5.92 Å². The van der Waals surface area contributed by atoms with E-state index in [1.807, 2.05) is 0 Å². The van der Waals surface area contributed by atoms with Gasteiger partial charge in [-0.1, -0.05) is 48.6 Å². The van der Waals surface area contributed by atoms with Crippen molar-refractivity contribution >= 4 is 6.08 Å². The van der Waals surface area contributed by atoms with E-state index in [-0.39, 0.29) is 0 Å². The molecule has 1 aromatic carbocycles. The van der Waals surface area contributed by atoms with Gasteiger partial charge in [-0.15, -0.1) is 0 Å². The smallest absolute Gasteiger partial charge is 0.0174 e. The number of rotatable bonds is 0. The molecule has 1 fully saturated rings. The predicted molar refractivity (Wildman–Crippen MR) is 70.7 cm³/mol. The number of nitrogens with one attached hydrogen (secondary N) is 1. The largest absolute Gasteiger partial charge is 0.312 e. The van der Waals surface area contributed by atoms with Gasteiger partial charge < -0.3 is 5.32 Å². The molecular formula is C16H15N. The molecule has 1 heterocycles. The average Bonchev–Trinajstić information content (AvgIpc) is 2.39. The Morgan fingerprint density at radius 1 is 1.18 bits per heavy atom. The van der Waals surface area contributed by atoms with Crippen LogP contribution in [0.4, 0.5) is 0 Å². The highest BCUT2D eigenvalue weighted by Gasteiger charge is 2.36. The Labute approximate surface area is 102 Å². The van der Waals surface area contributed by atoms with E-state index in [4.69, 9.17) is 0 Å². The van der Waals surface area contributed by atoms with Crippen LogP contribution < -0.4 is 5.32 Å². The maximum Gasteiger partial charge on any atom is 0.0174 e. The lowest BCUT2D eigenvalue weighted by atomic mass is 9.68. The molecule has 1 saturated heterocycles. The zero-order chi connectivity index (χ0) is 11.2. The van der Waals surface area contributed by atoms with Gasteiger partial charge in [-0.2, -0.15) is 0 Å². The normalized spacial score (nSPS) is 28.9. The fourth-order valence-corrected chi connectivity index (χ4v) is 3.44. The summed E-state index contributed by atoms with van der Waals surface area (Å²) in [6.45, 7) is 2.15. The van der Waals surface area contributed by atoms with Crippen molar-refractivity contribution in [2.75, 3.05) is 13.1 Å². The number of allylic oxidation sites excluding steroid dienone is 4. The monoisotopic (exact) mass is 221 g/mol. The highest BCUT2D eigenvalue weighted by Crippen LogP contribution is 2.45. The standard InChI is InChI=1S/C16H15N/c1-2-7-14-11(4-1)8-12-5-3-6-13-9-17-10-15(14)16(12)13/h1-8,15-17H,9-10H2. The lowest BCUT2D eigenvalue weighted by Crippen LogP contribution is -2.39. The zero-order valence-electron chi connectivity index (χ0n) is 9.69. The van der Waals surface area contributed by atoms with Crippen LogP contribution in [0.2, 0.25) is 0 Å². The Morgan fingerprint density at radius 3 is 3.12 bits per heavy atom. The summed E-state index contributed by atoms with van der Waals surface area (Å²) in [6, 6.07) is 8.82. The summed E-state index contributed by atoms with van der Waals surface area (Å²) in [4.78, 5) is 0. The fraction of sp³-hybridized carbons (Fsp3) is 0.250. The van der Waals surface area contributed by atoms with E-state index in [0.29, 0.717) is 11.8 Å². The molecule has 1 N–H and O–H groups in total. The van der Waals surface area contributed by atoms with E-state index >= 15 is 0 Å². The van der Waals surface area contributed by atoms with Crippen LogP contribution in [-0.2, 0) is 0 Å². The lowest BCUT2D eigenvalue weighted by Gasteiger charge is -2.40. The molecule has 1 aromatic rings. The van der Waals surface area contributed by atoms with Crippen molar-refractivity contribution in [2.24, 2.45) is 5.92 Å². The zero-order valence-corrected chi connectivity index (χ0v) is 9.69. The third kappa shape index (κ3) is 1.29. The van der Waals surface area contributed by atoms with Crippen LogP contribution >= 0.6 is 0 Å². The number of piperidine rings is 1. The maximum atomic E-state index is 3.55. The van der Waals surface area contributed by atoms with Gasteiger partial charge in [0.05, 0.1) is 0 Å². The molecule has 0 aromatic heterocycles. The van der Waals surface area contributed by atoms with Crippen molar-refractivity contribution in [1.82, 2.24) is 5.32 Å². The van der Waals surface area contributed by atoms with E-state index in [1.165, 1.54) is 16.7 Å². The molecule has 1 heteroatoms. The first-order valence-electron chi connectivity index (χ1n) is 6.32. The topological polar surface area (TPSA) is 12.0 Å². The summed E-state index contributed by atoms with van der Waals surface area (Å²) in [5.74, 6) is 1.24. The van der Waals surface area contributed by atoms with Gasteiger partial charge >= 0.3 is 0 Å². The van der Waals surface area contributed by atoms with Crippen molar-refractivity contribution < 1.29 is 0 Å². The molecule has 1 nitrogen and oxygen atoms in total. The van der Waals surface area contributed by atoms with Crippen LogP contribution in [0.3, 0.4) is 0 Å². The number of benzene rings is 1. The van der Waals surface area contributed by atoms with Gasteiger partial charge in [-0.05, 0) is 22.3 Å². The van der Waals surface area contributed by atoms with Crippen LogP contribution in [0.15, 0.2) is 53.6 Å². The molecule has 84 valence electrons. The Kier molecular flexibility index (Phi) is 1.91. The predicted octanol–water partition coefficient (Wildman–Crippen LogP) is 2.88. The second-order valence-corrected chi connectivity index (χ2v) is 5.09. The molecule has 0 spiro atoms. The van der Waals surface area contributed by atoms with Gasteiger partial charge in [-0.3, -0.25) is 0 Å². The number of hydrogen-bond acceptors (Lipinski definition) is 1. The molecule has 3 aliphatic rings. The molecular weight excluding hydrogens is 206 g/mol. The third-order valence-corrected chi connectivity index (χ3v) is 4.17. The summed E-state index contributed by atoms with van der Waals surface area (Å²) in [6.07, 6.45) is 9.12.